The van der Waals surface area contributed by atoms with Gasteiger partial charge in [-0.15, -0.1) is 0 Å². The fourth-order valence-corrected chi connectivity index (χ4v) is 1.98. The molecule has 0 amide bonds. The van der Waals surface area contributed by atoms with Crippen molar-refractivity contribution in [3.8, 4) is 17.1 Å². The van der Waals surface area contributed by atoms with E-state index in [9.17, 15) is 18.0 Å². The minimum absolute atomic E-state index is 0.0883. The number of rotatable bonds is 6. The molecule has 2 rings (SSSR count). The number of carboxylic acids is 1. The molecular weight excluding hydrogens is 337 g/mol. The highest BCUT2D eigenvalue weighted by molar-refractivity contribution is 5.86. The van der Waals surface area contributed by atoms with Gasteiger partial charge < -0.3 is 9.84 Å². The van der Waals surface area contributed by atoms with Crippen LogP contribution in [0.1, 0.15) is 36.3 Å². The number of nitrogens with zero attached hydrogens (tertiary/aromatic N) is 2. The SMILES string of the molecule is CC(C)CCOc1ncc(C(=O)O)nc1-c1ccc(C(F)(F)F)cc1. The van der Waals surface area contributed by atoms with Gasteiger partial charge in [-0.2, -0.15) is 13.2 Å². The summed E-state index contributed by atoms with van der Waals surface area (Å²) in [4.78, 5) is 19.0. The maximum absolute atomic E-state index is 12.7. The van der Waals surface area contributed by atoms with Crippen molar-refractivity contribution in [3.05, 3.63) is 41.7 Å². The summed E-state index contributed by atoms with van der Waals surface area (Å²) in [7, 11) is 0. The highest BCUT2D eigenvalue weighted by Gasteiger charge is 2.30. The molecular formula is C17H17F3N2O3. The average Bonchev–Trinajstić information content (AvgIpc) is 2.54. The highest BCUT2D eigenvalue weighted by atomic mass is 19.4. The lowest BCUT2D eigenvalue weighted by atomic mass is 10.1. The molecule has 0 aliphatic carbocycles. The highest BCUT2D eigenvalue weighted by Crippen LogP contribution is 2.32. The van der Waals surface area contributed by atoms with Gasteiger partial charge in [0.15, 0.2) is 5.69 Å². The first kappa shape index (κ1) is 18.7. The second-order valence-electron chi connectivity index (χ2n) is 5.82. The number of carboxylic acid groups (broad SMARTS) is 1. The summed E-state index contributed by atoms with van der Waals surface area (Å²) >= 11 is 0. The molecule has 0 atom stereocenters. The van der Waals surface area contributed by atoms with E-state index in [0.29, 0.717) is 18.1 Å². The van der Waals surface area contributed by atoms with E-state index in [-0.39, 0.29) is 17.3 Å². The van der Waals surface area contributed by atoms with Gasteiger partial charge in [-0.1, -0.05) is 26.0 Å². The number of halogens is 3. The molecule has 1 aromatic heterocycles. The van der Waals surface area contributed by atoms with Crippen molar-refractivity contribution in [2.24, 2.45) is 5.92 Å². The van der Waals surface area contributed by atoms with E-state index in [0.717, 1.165) is 24.8 Å². The Bertz CT molecular complexity index is 744. The molecule has 0 aliphatic rings. The third-order valence-corrected chi connectivity index (χ3v) is 3.38. The van der Waals surface area contributed by atoms with Crippen LogP contribution in [0.25, 0.3) is 11.3 Å². The molecule has 134 valence electrons. The van der Waals surface area contributed by atoms with Crippen molar-refractivity contribution in [3.63, 3.8) is 0 Å². The largest absolute Gasteiger partial charge is 0.476 e. The predicted octanol–water partition coefficient (Wildman–Crippen LogP) is 4.29. The number of aromatic nitrogens is 2. The van der Waals surface area contributed by atoms with E-state index >= 15 is 0 Å². The van der Waals surface area contributed by atoms with Crippen molar-refractivity contribution < 1.29 is 27.8 Å². The van der Waals surface area contributed by atoms with Crippen LogP contribution in [0.15, 0.2) is 30.5 Å². The number of hydrogen-bond acceptors (Lipinski definition) is 4. The van der Waals surface area contributed by atoms with Gasteiger partial charge in [0, 0.05) is 5.56 Å². The molecule has 0 radical (unpaired) electrons. The fourth-order valence-electron chi connectivity index (χ4n) is 1.98. The third kappa shape index (κ3) is 4.91. The van der Waals surface area contributed by atoms with Gasteiger partial charge in [0.05, 0.1) is 18.4 Å². The Morgan fingerprint density at radius 2 is 1.88 bits per heavy atom. The molecule has 0 bridgehead atoms. The minimum atomic E-state index is -4.45. The molecule has 2 aromatic rings. The number of carbonyl (C=O) groups is 1. The maximum atomic E-state index is 12.7. The summed E-state index contributed by atoms with van der Waals surface area (Å²) in [5.74, 6) is -0.805. The van der Waals surface area contributed by atoms with Crippen LogP contribution in [-0.2, 0) is 6.18 Å². The van der Waals surface area contributed by atoms with E-state index in [1.54, 1.807) is 0 Å². The Hall–Kier alpha value is -2.64. The van der Waals surface area contributed by atoms with Crippen LogP contribution >= 0.6 is 0 Å². The molecule has 0 aliphatic heterocycles. The van der Waals surface area contributed by atoms with Gasteiger partial charge in [-0.25, -0.2) is 14.8 Å². The first-order valence-corrected chi connectivity index (χ1v) is 7.59. The van der Waals surface area contributed by atoms with Gasteiger partial charge in [0.25, 0.3) is 0 Å². The molecule has 1 N–H and O–H groups in total. The number of alkyl halides is 3. The van der Waals surface area contributed by atoms with Crippen LogP contribution in [0.3, 0.4) is 0 Å². The Balaban J connectivity index is 2.38. The molecule has 25 heavy (non-hydrogen) atoms. The molecule has 5 nitrogen and oxygen atoms in total. The molecule has 8 heteroatoms. The van der Waals surface area contributed by atoms with Gasteiger partial charge in [-0.05, 0) is 24.5 Å². The van der Waals surface area contributed by atoms with Gasteiger partial charge in [0.2, 0.25) is 5.88 Å². The number of benzene rings is 1. The first-order valence-electron chi connectivity index (χ1n) is 7.59. The number of ether oxygens (including phenoxy) is 1. The molecule has 0 saturated heterocycles. The van der Waals surface area contributed by atoms with Crippen LogP contribution in [-0.4, -0.2) is 27.7 Å². The van der Waals surface area contributed by atoms with E-state index < -0.39 is 17.7 Å². The summed E-state index contributed by atoms with van der Waals surface area (Å²) in [6.07, 6.45) is -2.65. The average molecular weight is 354 g/mol. The normalized spacial score (nSPS) is 11.6. The zero-order valence-corrected chi connectivity index (χ0v) is 13.7. The monoisotopic (exact) mass is 354 g/mol. The standard InChI is InChI=1S/C17H17F3N2O3/c1-10(2)7-8-25-15-14(22-13(9-21-15)16(23)24)11-3-5-12(6-4-11)17(18,19)20/h3-6,9-10H,7-8H2,1-2H3,(H,23,24). The van der Waals surface area contributed by atoms with E-state index in [1.165, 1.54) is 12.1 Å². The quantitative estimate of drug-likeness (QED) is 0.838. The van der Waals surface area contributed by atoms with Crippen molar-refractivity contribution in [2.45, 2.75) is 26.4 Å². The van der Waals surface area contributed by atoms with Crippen LogP contribution in [0.4, 0.5) is 13.2 Å². The topological polar surface area (TPSA) is 72.3 Å². The summed E-state index contributed by atoms with van der Waals surface area (Å²) < 4.78 is 43.6. The lowest BCUT2D eigenvalue weighted by Crippen LogP contribution is -2.08. The van der Waals surface area contributed by atoms with E-state index in [4.69, 9.17) is 9.84 Å². The fraction of sp³-hybridized carbons (Fsp3) is 0.353. The van der Waals surface area contributed by atoms with Crippen molar-refractivity contribution in [2.75, 3.05) is 6.61 Å². The molecule has 1 heterocycles. The summed E-state index contributed by atoms with van der Waals surface area (Å²) in [5, 5.41) is 9.05. The van der Waals surface area contributed by atoms with Crippen molar-refractivity contribution in [1.82, 2.24) is 9.97 Å². The number of hydrogen-bond donors (Lipinski definition) is 1. The Labute approximate surface area is 142 Å². The Morgan fingerprint density at radius 1 is 1.24 bits per heavy atom. The van der Waals surface area contributed by atoms with Gasteiger partial charge in [-0.3, -0.25) is 0 Å². The predicted molar refractivity (Wildman–Crippen MR) is 84.4 cm³/mol. The van der Waals surface area contributed by atoms with Crippen LogP contribution in [0.2, 0.25) is 0 Å². The van der Waals surface area contributed by atoms with E-state index in [2.05, 4.69) is 9.97 Å². The Morgan fingerprint density at radius 3 is 2.40 bits per heavy atom. The minimum Gasteiger partial charge on any atom is -0.476 e. The van der Waals surface area contributed by atoms with Gasteiger partial charge >= 0.3 is 12.1 Å². The lowest BCUT2D eigenvalue weighted by Gasteiger charge is -2.12. The molecule has 0 spiro atoms. The van der Waals surface area contributed by atoms with E-state index in [1.807, 2.05) is 13.8 Å². The van der Waals surface area contributed by atoms with Gasteiger partial charge in [0.1, 0.15) is 5.69 Å². The summed E-state index contributed by atoms with van der Waals surface area (Å²) in [5.41, 5.74) is -0.729. The molecule has 1 aromatic carbocycles. The second-order valence-corrected chi connectivity index (χ2v) is 5.82. The maximum Gasteiger partial charge on any atom is 0.416 e. The molecule has 0 unspecified atom stereocenters. The summed E-state index contributed by atoms with van der Waals surface area (Å²) in [6.45, 7) is 4.37. The number of aromatic carboxylic acids is 1. The zero-order valence-electron chi connectivity index (χ0n) is 13.7. The van der Waals surface area contributed by atoms with Crippen molar-refractivity contribution >= 4 is 5.97 Å². The smallest absolute Gasteiger partial charge is 0.416 e. The molecule has 0 saturated carbocycles. The molecule has 0 fully saturated rings. The van der Waals surface area contributed by atoms with Crippen molar-refractivity contribution in [1.29, 1.82) is 0 Å². The third-order valence-electron chi connectivity index (χ3n) is 3.38. The first-order chi connectivity index (χ1) is 11.7. The summed E-state index contributed by atoms with van der Waals surface area (Å²) in [6, 6.07) is 4.24. The lowest BCUT2D eigenvalue weighted by molar-refractivity contribution is -0.137. The Kier molecular flexibility index (Phi) is 5.61. The zero-order chi connectivity index (χ0) is 18.6. The van der Waals surface area contributed by atoms with Crippen LogP contribution in [0, 0.1) is 5.92 Å². The second kappa shape index (κ2) is 7.50. The van der Waals surface area contributed by atoms with Crippen LogP contribution < -0.4 is 4.74 Å². The van der Waals surface area contributed by atoms with Crippen LogP contribution in [0.5, 0.6) is 5.88 Å².